The van der Waals surface area contributed by atoms with Crippen LogP contribution in [0.2, 0.25) is 0 Å². The van der Waals surface area contributed by atoms with Gasteiger partial charge in [0.1, 0.15) is 16.6 Å². The van der Waals surface area contributed by atoms with E-state index < -0.39 is 5.97 Å². The number of hydrazone groups is 1. The number of carboxylic acids is 1. The van der Waals surface area contributed by atoms with Crippen molar-refractivity contribution in [1.82, 2.24) is 20.3 Å². The fraction of sp³-hybridized carbons (Fsp3) is 0.360. The number of hydrogen-bond donors (Lipinski definition) is 2. The Kier molecular flexibility index (Phi) is 6.38. The minimum Gasteiger partial charge on any atom is -0.493 e. The maximum Gasteiger partial charge on any atom is 0.335 e. The Morgan fingerprint density at radius 2 is 2.12 bits per heavy atom. The van der Waals surface area contributed by atoms with Crippen molar-refractivity contribution in [3.63, 3.8) is 0 Å². The molecule has 0 saturated carbocycles. The Labute approximate surface area is 202 Å². The van der Waals surface area contributed by atoms with Crippen LogP contribution in [0.4, 0.5) is 0 Å². The molecule has 0 fully saturated rings. The molecule has 176 valence electrons. The molecule has 3 aromatic rings. The molecule has 0 radical (unpaired) electrons. The number of hydrogen-bond acceptors (Lipinski definition) is 8. The van der Waals surface area contributed by atoms with E-state index in [4.69, 9.17) is 14.7 Å². The zero-order valence-corrected chi connectivity index (χ0v) is 20.0. The number of fused-ring (bicyclic) bond motifs is 2. The number of thioether (sulfide) groups is 1. The summed E-state index contributed by atoms with van der Waals surface area (Å²) < 4.78 is 5.97. The second-order valence-corrected chi connectivity index (χ2v) is 9.99. The van der Waals surface area contributed by atoms with Crippen molar-refractivity contribution in [2.45, 2.75) is 23.3 Å². The predicted octanol–water partition coefficient (Wildman–Crippen LogP) is 3.37. The van der Waals surface area contributed by atoms with E-state index >= 15 is 0 Å². The Bertz CT molecular complexity index is 1260. The minimum atomic E-state index is -0.940. The third-order valence-electron chi connectivity index (χ3n) is 6.14. The molecule has 2 aliphatic heterocycles. The van der Waals surface area contributed by atoms with Crippen molar-refractivity contribution >= 4 is 34.8 Å². The van der Waals surface area contributed by atoms with Gasteiger partial charge in [-0.05, 0) is 62.0 Å². The number of carboxylic acid groups (broad SMARTS) is 1. The summed E-state index contributed by atoms with van der Waals surface area (Å²) in [6.45, 7) is 2.21. The summed E-state index contributed by atoms with van der Waals surface area (Å²) in [5.41, 5.74) is 6.28. The van der Waals surface area contributed by atoms with E-state index in [1.807, 2.05) is 6.21 Å². The van der Waals surface area contributed by atoms with E-state index in [0.29, 0.717) is 13.0 Å². The number of aromatic nitrogens is 2. The first kappa shape index (κ1) is 22.6. The fourth-order valence-electron chi connectivity index (χ4n) is 4.23. The maximum atomic E-state index is 11.4. The molecule has 2 N–H and O–H groups in total. The predicted molar refractivity (Wildman–Crippen MR) is 133 cm³/mol. The summed E-state index contributed by atoms with van der Waals surface area (Å²) in [6.07, 6.45) is 2.59. The van der Waals surface area contributed by atoms with Gasteiger partial charge in [0.25, 0.3) is 0 Å². The highest BCUT2D eigenvalue weighted by Gasteiger charge is 2.26. The standard InChI is InChI=1S/C25H27N5O3S/c1-30(2)7-8-34-24-20-11-15(19-12-26-27-13-19)3-5-21(20)28-23(29-24)18-10-17-9-16(25(31)32)4-6-22(17)33-14-18/h3-6,9,11-12,18-19,27H,7-8,10,13-14H2,1-2H3,(H,31,32). The average molecular weight is 478 g/mol. The van der Waals surface area contributed by atoms with Crippen LogP contribution < -0.4 is 10.2 Å². The van der Waals surface area contributed by atoms with Gasteiger partial charge in [0.15, 0.2) is 0 Å². The van der Waals surface area contributed by atoms with E-state index in [1.54, 1.807) is 30.0 Å². The quantitative estimate of drug-likeness (QED) is 0.395. The summed E-state index contributed by atoms with van der Waals surface area (Å²) in [4.78, 5) is 23.5. The van der Waals surface area contributed by atoms with Crippen LogP contribution in [0.1, 0.15) is 39.1 Å². The normalized spacial score (nSPS) is 19.1. The lowest BCUT2D eigenvalue weighted by molar-refractivity contribution is 0.0696. The van der Waals surface area contributed by atoms with Crippen LogP contribution in [0.15, 0.2) is 46.5 Å². The van der Waals surface area contributed by atoms with Gasteiger partial charge in [0.05, 0.1) is 23.6 Å². The van der Waals surface area contributed by atoms with Gasteiger partial charge >= 0.3 is 5.97 Å². The molecule has 5 rings (SSSR count). The molecular weight excluding hydrogens is 450 g/mol. The lowest BCUT2D eigenvalue weighted by Crippen LogP contribution is -2.22. The number of aromatic carboxylic acids is 1. The molecule has 2 unspecified atom stereocenters. The Morgan fingerprint density at radius 3 is 2.88 bits per heavy atom. The third kappa shape index (κ3) is 4.71. The summed E-state index contributed by atoms with van der Waals surface area (Å²) in [7, 11) is 4.13. The average Bonchev–Trinajstić information content (AvgIpc) is 3.37. The van der Waals surface area contributed by atoms with Crippen LogP contribution in [0.3, 0.4) is 0 Å². The topological polar surface area (TPSA) is 99.9 Å². The lowest BCUT2D eigenvalue weighted by atomic mass is 9.94. The number of benzene rings is 2. The number of ether oxygens (including phenoxy) is 1. The zero-order chi connectivity index (χ0) is 23.7. The number of carbonyl (C=O) groups is 1. The molecule has 0 bridgehead atoms. The van der Waals surface area contributed by atoms with E-state index in [1.165, 1.54) is 5.56 Å². The zero-order valence-electron chi connectivity index (χ0n) is 19.2. The second-order valence-electron chi connectivity index (χ2n) is 8.90. The van der Waals surface area contributed by atoms with E-state index in [2.05, 4.69) is 47.7 Å². The molecule has 2 aliphatic rings. The van der Waals surface area contributed by atoms with Crippen LogP contribution in [0, 0.1) is 0 Å². The van der Waals surface area contributed by atoms with Gasteiger partial charge in [0, 0.05) is 36.4 Å². The van der Waals surface area contributed by atoms with Gasteiger partial charge < -0.3 is 20.2 Å². The van der Waals surface area contributed by atoms with Crippen molar-refractivity contribution in [3.8, 4) is 5.75 Å². The van der Waals surface area contributed by atoms with Crippen LogP contribution >= 0.6 is 11.8 Å². The van der Waals surface area contributed by atoms with Crippen molar-refractivity contribution in [2.24, 2.45) is 5.10 Å². The molecule has 1 aromatic heterocycles. The van der Waals surface area contributed by atoms with Crippen LogP contribution in [0.25, 0.3) is 10.9 Å². The highest BCUT2D eigenvalue weighted by Crippen LogP contribution is 2.35. The first-order chi connectivity index (χ1) is 16.5. The van der Waals surface area contributed by atoms with Crippen molar-refractivity contribution in [2.75, 3.05) is 39.5 Å². The SMILES string of the molecule is CN(C)CCSc1nc(C2COc3ccc(C(=O)O)cc3C2)nc2ccc(C3C=NNC3)cc12. The van der Waals surface area contributed by atoms with Crippen LogP contribution in [-0.2, 0) is 6.42 Å². The third-order valence-corrected chi connectivity index (χ3v) is 7.11. The molecule has 3 heterocycles. The summed E-state index contributed by atoms with van der Waals surface area (Å²) in [6, 6.07) is 11.4. The van der Waals surface area contributed by atoms with E-state index in [0.717, 1.165) is 51.9 Å². The molecule has 2 aromatic carbocycles. The van der Waals surface area contributed by atoms with Crippen LogP contribution in [-0.4, -0.2) is 71.7 Å². The summed E-state index contributed by atoms with van der Waals surface area (Å²) in [5, 5.41) is 15.5. The molecule has 34 heavy (non-hydrogen) atoms. The first-order valence-corrected chi connectivity index (χ1v) is 12.3. The Balaban J connectivity index is 1.49. The van der Waals surface area contributed by atoms with Gasteiger partial charge in [0.2, 0.25) is 0 Å². The Morgan fingerprint density at radius 1 is 1.24 bits per heavy atom. The van der Waals surface area contributed by atoms with Crippen molar-refractivity contribution in [1.29, 1.82) is 0 Å². The molecule has 0 spiro atoms. The molecule has 0 aliphatic carbocycles. The Hall–Kier alpha value is -3.17. The maximum absolute atomic E-state index is 11.4. The smallest absolute Gasteiger partial charge is 0.335 e. The monoisotopic (exact) mass is 477 g/mol. The summed E-state index contributed by atoms with van der Waals surface area (Å²) in [5.74, 6) is 1.66. The van der Waals surface area contributed by atoms with Gasteiger partial charge in [-0.25, -0.2) is 14.8 Å². The highest BCUT2D eigenvalue weighted by molar-refractivity contribution is 7.99. The van der Waals surface area contributed by atoms with Gasteiger partial charge in [-0.3, -0.25) is 0 Å². The van der Waals surface area contributed by atoms with Gasteiger partial charge in [-0.2, -0.15) is 5.10 Å². The van der Waals surface area contributed by atoms with E-state index in [9.17, 15) is 9.90 Å². The lowest BCUT2D eigenvalue weighted by Gasteiger charge is -2.25. The molecule has 0 saturated heterocycles. The van der Waals surface area contributed by atoms with Crippen molar-refractivity contribution < 1.29 is 14.6 Å². The molecule has 9 heteroatoms. The number of rotatable bonds is 7. The molecular formula is C25H27N5O3S. The minimum absolute atomic E-state index is 0.0417. The van der Waals surface area contributed by atoms with Crippen LogP contribution in [0.5, 0.6) is 5.75 Å². The molecule has 0 amide bonds. The summed E-state index contributed by atoms with van der Waals surface area (Å²) >= 11 is 1.74. The largest absolute Gasteiger partial charge is 0.493 e. The fourth-order valence-corrected chi connectivity index (χ4v) is 5.35. The highest BCUT2D eigenvalue weighted by atomic mass is 32.2. The van der Waals surface area contributed by atoms with Gasteiger partial charge in [-0.15, -0.1) is 11.8 Å². The molecule has 2 atom stereocenters. The molecule has 8 nitrogen and oxygen atoms in total. The van der Waals surface area contributed by atoms with Gasteiger partial charge in [-0.1, -0.05) is 6.07 Å². The number of nitrogens with zero attached hydrogens (tertiary/aromatic N) is 4. The van der Waals surface area contributed by atoms with Crippen molar-refractivity contribution in [3.05, 3.63) is 58.9 Å². The number of nitrogens with one attached hydrogen (secondary N) is 1. The second kappa shape index (κ2) is 9.60. The first-order valence-electron chi connectivity index (χ1n) is 11.3. The van der Waals surface area contributed by atoms with E-state index in [-0.39, 0.29) is 17.4 Å².